The van der Waals surface area contributed by atoms with Gasteiger partial charge < -0.3 is 10.1 Å². The maximum atomic E-state index is 5.45. The molecule has 0 aliphatic rings. The Morgan fingerprint density at radius 2 is 2.00 bits per heavy atom. The van der Waals surface area contributed by atoms with Gasteiger partial charge in [0.2, 0.25) is 0 Å². The minimum atomic E-state index is 0.543. The molecule has 0 aliphatic heterocycles. The molecule has 1 aromatic carbocycles. The Morgan fingerprint density at radius 3 is 2.70 bits per heavy atom. The van der Waals surface area contributed by atoms with Crippen molar-refractivity contribution in [2.24, 2.45) is 0 Å². The second-order valence-corrected chi connectivity index (χ2v) is 4.49. The molecule has 1 heterocycles. The van der Waals surface area contributed by atoms with Crippen LogP contribution in [-0.4, -0.2) is 18.1 Å². The largest absolute Gasteiger partial charge is 0.490 e. The zero-order valence-corrected chi connectivity index (χ0v) is 11.6. The Labute approximate surface area is 120 Å². The van der Waals surface area contributed by atoms with E-state index in [1.54, 1.807) is 6.08 Å². The summed E-state index contributed by atoms with van der Waals surface area (Å²) in [5, 5.41) is 3.42. The lowest BCUT2D eigenvalue weighted by Crippen LogP contribution is -2.17. The molecule has 0 saturated carbocycles. The van der Waals surface area contributed by atoms with E-state index in [2.05, 4.69) is 29.0 Å². The summed E-state index contributed by atoms with van der Waals surface area (Å²) >= 11 is 0. The average Bonchev–Trinajstić information content (AvgIpc) is 2.52. The SMILES string of the molecule is C=CCOc1ccc(CNCCc2ccccn2)cc1. The predicted octanol–water partition coefficient (Wildman–Crippen LogP) is 2.98. The molecular formula is C17H20N2O. The maximum absolute atomic E-state index is 5.45. The molecule has 1 N–H and O–H groups in total. The Bertz CT molecular complexity index is 508. The van der Waals surface area contributed by atoms with Crippen molar-refractivity contribution in [3.05, 3.63) is 72.6 Å². The molecule has 2 rings (SSSR count). The summed E-state index contributed by atoms with van der Waals surface area (Å²) in [7, 11) is 0. The summed E-state index contributed by atoms with van der Waals surface area (Å²) in [6.07, 6.45) is 4.52. The highest BCUT2D eigenvalue weighted by Crippen LogP contribution is 2.11. The fourth-order valence-electron chi connectivity index (χ4n) is 1.85. The number of ether oxygens (including phenoxy) is 1. The zero-order valence-electron chi connectivity index (χ0n) is 11.6. The fraction of sp³-hybridized carbons (Fsp3) is 0.235. The van der Waals surface area contributed by atoms with Crippen molar-refractivity contribution in [3.8, 4) is 5.75 Å². The van der Waals surface area contributed by atoms with Gasteiger partial charge in [0.15, 0.2) is 0 Å². The molecule has 0 bridgehead atoms. The Balaban J connectivity index is 1.70. The highest BCUT2D eigenvalue weighted by Gasteiger charge is 1.96. The van der Waals surface area contributed by atoms with E-state index in [-0.39, 0.29) is 0 Å². The lowest BCUT2D eigenvalue weighted by atomic mass is 10.2. The first-order valence-electron chi connectivity index (χ1n) is 6.82. The van der Waals surface area contributed by atoms with E-state index >= 15 is 0 Å². The summed E-state index contributed by atoms with van der Waals surface area (Å²) in [6.45, 7) is 5.95. The van der Waals surface area contributed by atoms with Gasteiger partial charge in [-0.2, -0.15) is 0 Å². The number of hydrogen-bond acceptors (Lipinski definition) is 3. The van der Waals surface area contributed by atoms with Crippen LogP contribution in [0.5, 0.6) is 5.75 Å². The fourth-order valence-corrected chi connectivity index (χ4v) is 1.85. The molecule has 0 amide bonds. The number of hydrogen-bond donors (Lipinski definition) is 1. The molecule has 3 nitrogen and oxygen atoms in total. The number of aromatic nitrogens is 1. The van der Waals surface area contributed by atoms with Crippen LogP contribution in [0.3, 0.4) is 0 Å². The summed E-state index contributed by atoms with van der Waals surface area (Å²) in [5.74, 6) is 0.877. The Morgan fingerprint density at radius 1 is 1.15 bits per heavy atom. The van der Waals surface area contributed by atoms with Gasteiger partial charge in [0.1, 0.15) is 12.4 Å². The van der Waals surface area contributed by atoms with Crippen LogP contribution in [0.15, 0.2) is 61.3 Å². The molecule has 0 fully saturated rings. The van der Waals surface area contributed by atoms with Crippen molar-refractivity contribution >= 4 is 0 Å². The molecule has 2 aromatic rings. The quantitative estimate of drug-likeness (QED) is 0.590. The molecular weight excluding hydrogens is 248 g/mol. The number of benzene rings is 1. The van der Waals surface area contributed by atoms with E-state index in [0.717, 1.165) is 31.0 Å². The van der Waals surface area contributed by atoms with Crippen molar-refractivity contribution < 1.29 is 4.74 Å². The van der Waals surface area contributed by atoms with Crippen LogP contribution in [-0.2, 0) is 13.0 Å². The molecule has 20 heavy (non-hydrogen) atoms. The van der Waals surface area contributed by atoms with Crippen molar-refractivity contribution in [1.82, 2.24) is 10.3 Å². The van der Waals surface area contributed by atoms with Crippen molar-refractivity contribution in [2.45, 2.75) is 13.0 Å². The van der Waals surface area contributed by atoms with Gasteiger partial charge in [-0.3, -0.25) is 4.98 Å². The van der Waals surface area contributed by atoms with Gasteiger partial charge in [0, 0.05) is 31.4 Å². The second kappa shape index (κ2) is 8.12. The van der Waals surface area contributed by atoms with E-state index in [4.69, 9.17) is 4.74 Å². The highest BCUT2D eigenvalue weighted by atomic mass is 16.5. The van der Waals surface area contributed by atoms with Crippen LogP contribution in [0.4, 0.5) is 0 Å². The first-order chi connectivity index (χ1) is 9.88. The van der Waals surface area contributed by atoms with E-state index in [1.807, 2.05) is 36.5 Å². The van der Waals surface area contributed by atoms with E-state index in [0.29, 0.717) is 6.61 Å². The zero-order chi connectivity index (χ0) is 14.0. The van der Waals surface area contributed by atoms with Crippen molar-refractivity contribution in [1.29, 1.82) is 0 Å². The number of nitrogens with zero attached hydrogens (tertiary/aromatic N) is 1. The predicted molar refractivity (Wildman–Crippen MR) is 81.8 cm³/mol. The topological polar surface area (TPSA) is 34.1 Å². The van der Waals surface area contributed by atoms with Crippen LogP contribution < -0.4 is 10.1 Å². The maximum Gasteiger partial charge on any atom is 0.119 e. The Kier molecular flexibility index (Phi) is 5.80. The molecule has 0 atom stereocenters. The number of pyridine rings is 1. The molecule has 0 spiro atoms. The van der Waals surface area contributed by atoms with Crippen molar-refractivity contribution in [2.75, 3.05) is 13.2 Å². The minimum Gasteiger partial charge on any atom is -0.490 e. The Hall–Kier alpha value is -2.13. The molecule has 104 valence electrons. The van der Waals surface area contributed by atoms with Gasteiger partial charge in [0.05, 0.1) is 0 Å². The molecule has 0 unspecified atom stereocenters. The van der Waals surface area contributed by atoms with Crippen molar-refractivity contribution in [3.63, 3.8) is 0 Å². The average molecular weight is 268 g/mol. The molecule has 3 heteroatoms. The molecule has 0 radical (unpaired) electrons. The molecule has 0 aliphatic carbocycles. The summed E-state index contributed by atoms with van der Waals surface area (Å²) in [4.78, 5) is 4.30. The second-order valence-electron chi connectivity index (χ2n) is 4.49. The van der Waals surface area contributed by atoms with E-state index < -0.39 is 0 Å². The third-order valence-corrected chi connectivity index (χ3v) is 2.90. The normalized spacial score (nSPS) is 10.2. The van der Waals surface area contributed by atoms with E-state index in [9.17, 15) is 0 Å². The van der Waals surface area contributed by atoms with Crippen LogP contribution >= 0.6 is 0 Å². The first-order valence-corrected chi connectivity index (χ1v) is 6.82. The van der Waals surface area contributed by atoms with Crippen LogP contribution in [0.2, 0.25) is 0 Å². The first kappa shape index (κ1) is 14.3. The lowest BCUT2D eigenvalue weighted by Gasteiger charge is -2.07. The van der Waals surface area contributed by atoms with Crippen LogP contribution in [0, 0.1) is 0 Å². The van der Waals surface area contributed by atoms with Gasteiger partial charge in [-0.15, -0.1) is 0 Å². The van der Waals surface area contributed by atoms with Gasteiger partial charge in [-0.1, -0.05) is 30.9 Å². The smallest absolute Gasteiger partial charge is 0.119 e. The monoisotopic (exact) mass is 268 g/mol. The third kappa shape index (κ3) is 4.86. The third-order valence-electron chi connectivity index (χ3n) is 2.90. The van der Waals surface area contributed by atoms with Gasteiger partial charge >= 0.3 is 0 Å². The summed E-state index contributed by atoms with van der Waals surface area (Å²) in [5.41, 5.74) is 2.37. The molecule has 1 aromatic heterocycles. The summed E-state index contributed by atoms with van der Waals surface area (Å²) in [6, 6.07) is 14.1. The van der Waals surface area contributed by atoms with Gasteiger partial charge in [-0.25, -0.2) is 0 Å². The van der Waals surface area contributed by atoms with Crippen LogP contribution in [0.1, 0.15) is 11.3 Å². The highest BCUT2D eigenvalue weighted by molar-refractivity contribution is 5.27. The minimum absolute atomic E-state index is 0.543. The number of nitrogens with one attached hydrogen (secondary N) is 1. The summed E-state index contributed by atoms with van der Waals surface area (Å²) < 4.78 is 5.45. The van der Waals surface area contributed by atoms with Crippen LogP contribution in [0.25, 0.3) is 0 Å². The lowest BCUT2D eigenvalue weighted by molar-refractivity contribution is 0.363. The molecule has 0 saturated heterocycles. The standard InChI is InChI=1S/C17H20N2O/c1-2-13-20-17-8-6-15(7-9-17)14-18-12-10-16-5-3-4-11-19-16/h2-9,11,18H,1,10,12-14H2. The van der Waals surface area contributed by atoms with Gasteiger partial charge in [-0.05, 0) is 29.8 Å². The number of rotatable bonds is 8. The van der Waals surface area contributed by atoms with Gasteiger partial charge in [0.25, 0.3) is 0 Å². The van der Waals surface area contributed by atoms with E-state index in [1.165, 1.54) is 5.56 Å².